The van der Waals surface area contributed by atoms with E-state index in [1.807, 2.05) is 0 Å². The largest absolute Gasteiger partial charge is 0.490 e. The lowest BCUT2D eigenvalue weighted by Gasteiger charge is -2.36. The van der Waals surface area contributed by atoms with Gasteiger partial charge in [0, 0.05) is 24.6 Å². The van der Waals surface area contributed by atoms with Crippen molar-refractivity contribution < 1.29 is 89.5 Å². The SMILES string of the molecule is CCCCCCOc1cc(-c2ncccn2)ccc1OCCCCCCCOCC(F)(F)OC(F)(F)C(F)(F)OC(F)(F)C(F)(F)C(F)(F)C(F)(F)F. The molecule has 1 aromatic carbocycles. The number of unbranched alkanes of at least 4 members (excludes halogenated alkanes) is 7. The highest BCUT2D eigenvalue weighted by Crippen LogP contribution is 2.56. The first-order valence-corrected chi connectivity index (χ1v) is 15.9. The summed E-state index contributed by atoms with van der Waals surface area (Å²) in [7, 11) is 0. The van der Waals surface area contributed by atoms with Crippen LogP contribution < -0.4 is 9.47 Å². The Balaban J connectivity index is 1.78. The van der Waals surface area contributed by atoms with Crippen LogP contribution in [0.15, 0.2) is 36.7 Å². The van der Waals surface area contributed by atoms with Crippen LogP contribution >= 0.6 is 0 Å². The molecule has 7 nitrogen and oxygen atoms in total. The molecule has 1 heterocycles. The molecular formula is C31H35F15N2O5. The average Bonchev–Trinajstić information content (AvgIpc) is 3.04. The molecule has 2 rings (SSSR count). The smallest absolute Gasteiger partial charge is 0.460 e. The number of rotatable bonds is 25. The third-order valence-electron chi connectivity index (χ3n) is 6.97. The monoisotopic (exact) mass is 800 g/mol. The third kappa shape index (κ3) is 12.9. The van der Waals surface area contributed by atoms with Crippen LogP contribution in [0, 0.1) is 0 Å². The molecule has 0 spiro atoms. The van der Waals surface area contributed by atoms with Gasteiger partial charge < -0.3 is 14.2 Å². The van der Waals surface area contributed by atoms with E-state index in [4.69, 9.17) is 9.47 Å². The lowest BCUT2D eigenvalue weighted by molar-refractivity contribution is -0.543. The van der Waals surface area contributed by atoms with E-state index < -0.39 is 55.7 Å². The van der Waals surface area contributed by atoms with Crippen molar-refractivity contribution in [2.75, 3.05) is 26.4 Å². The molecule has 0 amide bonds. The van der Waals surface area contributed by atoms with Crippen LogP contribution in [0.3, 0.4) is 0 Å². The summed E-state index contributed by atoms with van der Waals surface area (Å²) in [6, 6.07) is 6.90. The lowest BCUT2D eigenvalue weighted by atomic mass is 10.1. The van der Waals surface area contributed by atoms with E-state index in [-0.39, 0.29) is 13.0 Å². The van der Waals surface area contributed by atoms with Crippen LogP contribution in [0.5, 0.6) is 11.5 Å². The van der Waals surface area contributed by atoms with Crippen molar-refractivity contribution in [1.29, 1.82) is 0 Å². The minimum Gasteiger partial charge on any atom is -0.490 e. The predicted molar refractivity (Wildman–Crippen MR) is 154 cm³/mol. The summed E-state index contributed by atoms with van der Waals surface area (Å²) in [5.41, 5.74) is 0.707. The molecule has 2 aromatic rings. The van der Waals surface area contributed by atoms with Crippen molar-refractivity contribution in [2.24, 2.45) is 0 Å². The van der Waals surface area contributed by atoms with Crippen molar-refractivity contribution >= 4 is 0 Å². The second kappa shape index (κ2) is 18.9. The van der Waals surface area contributed by atoms with Gasteiger partial charge in [0.2, 0.25) is 0 Å². The second-order valence-electron chi connectivity index (χ2n) is 11.4. The minimum atomic E-state index is -7.91. The average molecular weight is 801 g/mol. The van der Waals surface area contributed by atoms with Gasteiger partial charge in [0.15, 0.2) is 17.3 Å². The Labute approximate surface area is 293 Å². The number of halogens is 15. The maximum absolute atomic E-state index is 13.7. The summed E-state index contributed by atoms with van der Waals surface area (Å²) < 4.78 is 217. The second-order valence-corrected chi connectivity index (χ2v) is 11.4. The Morgan fingerprint density at radius 2 is 1.06 bits per heavy atom. The van der Waals surface area contributed by atoms with Crippen LogP contribution in [-0.2, 0) is 14.2 Å². The fourth-order valence-electron chi connectivity index (χ4n) is 4.17. The fraction of sp³-hybridized carbons (Fsp3) is 0.677. The van der Waals surface area contributed by atoms with Gasteiger partial charge in [0.05, 0.1) is 13.2 Å². The molecule has 0 saturated carbocycles. The van der Waals surface area contributed by atoms with E-state index in [0.29, 0.717) is 55.2 Å². The molecule has 0 bridgehead atoms. The maximum atomic E-state index is 13.7. The third-order valence-corrected chi connectivity index (χ3v) is 6.97. The van der Waals surface area contributed by atoms with Gasteiger partial charge in [-0.25, -0.2) is 19.4 Å². The minimum absolute atomic E-state index is 0.0142. The molecule has 22 heteroatoms. The summed E-state index contributed by atoms with van der Waals surface area (Å²) in [4.78, 5) is 8.43. The molecule has 304 valence electrons. The summed E-state index contributed by atoms with van der Waals surface area (Å²) >= 11 is 0. The number of hydrogen-bond acceptors (Lipinski definition) is 7. The van der Waals surface area contributed by atoms with E-state index >= 15 is 0 Å². The highest BCUT2D eigenvalue weighted by atomic mass is 19.4. The zero-order chi connectivity index (χ0) is 40.2. The van der Waals surface area contributed by atoms with Crippen molar-refractivity contribution in [1.82, 2.24) is 9.97 Å². The Morgan fingerprint density at radius 3 is 1.62 bits per heavy atom. The number of alkyl halides is 15. The molecule has 0 atom stereocenters. The number of ether oxygens (including phenoxy) is 5. The van der Waals surface area contributed by atoms with Crippen molar-refractivity contribution in [3.63, 3.8) is 0 Å². The van der Waals surface area contributed by atoms with Gasteiger partial charge in [0.25, 0.3) is 0 Å². The molecular weight excluding hydrogens is 765 g/mol. The van der Waals surface area contributed by atoms with Gasteiger partial charge in [0.1, 0.15) is 6.61 Å². The van der Waals surface area contributed by atoms with Gasteiger partial charge >= 0.3 is 42.5 Å². The van der Waals surface area contributed by atoms with E-state index in [9.17, 15) is 65.9 Å². The molecule has 0 aliphatic rings. The van der Waals surface area contributed by atoms with E-state index in [0.717, 1.165) is 25.7 Å². The van der Waals surface area contributed by atoms with Crippen LogP contribution in [0.2, 0.25) is 0 Å². The Morgan fingerprint density at radius 1 is 0.547 bits per heavy atom. The van der Waals surface area contributed by atoms with Crippen molar-refractivity contribution in [3.05, 3.63) is 36.7 Å². The molecule has 0 aliphatic heterocycles. The standard InChI is InChI=1S/C31H35F15N2O5/c1-2-3-4-9-18-51-23-19-21(24-47-14-11-15-48-24)12-13-22(23)50-17-10-7-5-6-8-16-49-20-25(32,33)52-30(43,44)31(45,46)53-29(41,42)27(36,37)26(34,35)28(38,39)40/h11-15,19H,2-10,16-18,20H2,1H3. The van der Waals surface area contributed by atoms with Crippen molar-refractivity contribution in [2.45, 2.75) is 107 Å². The van der Waals surface area contributed by atoms with E-state index in [2.05, 4.69) is 26.4 Å². The first-order chi connectivity index (χ1) is 24.4. The molecule has 0 radical (unpaired) electrons. The molecule has 1 aromatic heterocycles. The maximum Gasteiger partial charge on any atom is 0.460 e. The van der Waals surface area contributed by atoms with E-state index in [1.54, 1.807) is 41.4 Å². The zero-order valence-electron chi connectivity index (χ0n) is 27.8. The predicted octanol–water partition coefficient (Wildman–Crippen LogP) is 10.7. The van der Waals surface area contributed by atoms with Gasteiger partial charge in [-0.2, -0.15) is 65.9 Å². The van der Waals surface area contributed by atoms with Gasteiger partial charge in [-0.3, -0.25) is 0 Å². The first kappa shape index (κ1) is 45.9. The quantitative estimate of drug-likeness (QED) is 0.0731. The molecule has 53 heavy (non-hydrogen) atoms. The number of hydrogen-bond donors (Lipinski definition) is 0. The summed E-state index contributed by atoms with van der Waals surface area (Å²) in [5.74, 6) is -14.3. The Kier molecular flexibility index (Phi) is 16.3. The summed E-state index contributed by atoms with van der Waals surface area (Å²) in [6.45, 7) is -0.0260. The first-order valence-electron chi connectivity index (χ1n) is 15.9. The number of nitrogens with zero attached hydrogens (tertiary/aromatic N) is 2. The summed E-state index contributed by atoms with van der Waals surface area (Å²) in [6.07, 6.45) is -25.9. The van der Waals surface area contributed by atoms with Gasteiger partial charge in [-0.15, -0.1) is 0 Å². The number of benzene rings is 1. The van der Waals surface area contributed by atoms with Gasteiger partial charge in [-0.05, 0) is 43.5 Å². The van der Waals surface area contributed by atoms with E-state index in [1.165, 1.54) is 0 Å². The number of aromatic nitrogens is 2. The van der Waals surface area contributed by atoms with Crippen LogP contribution in [0.1, 0.15) is 64.7 Å². The highest BCUT2D eigenvalue weighted by Gasteiger charge is 2.85. The normalized spacial score (nSPS) is 13.7. The topological polar surface area (TPSA) is 71.9 Å². The molecule has 0 aliphatic carbocycles. The lowest BCUT2D eigenvalue weighted by Crippen LogP contribution is -2.64. The van der Waals surface area contributed by atoms with Crippen LogP contribution in [0.4, 0.5) is 65.9 Å². The summed E-state index contributed by atoms with van der Waals surface area (Å²) in [5, 5.41) is 0. The van der Waals surface area contributed by atoms with Crippen LogP contribution in [-0.4, -0.2) is 78.9 Å². The van der Waals surface area contributed by atoms with Crippen molar-refractivity contribution in [3.8, 4) is 22.9 Å². The molecule has 0 fully saturated rings. The highest BCUT2D eigenvalue weighted by molar-refractivity contribution is 5.60. The fourth-order valence-corrected chi connectivity index (χ4v) is 4.17. The molecule has 0 N–H and O–H groups in total. The molecule has 0 saturated heterocycles. The van der Waals surface area contributed by atoms with Gasteiger partial charge in [-0.1, -0.05) is 45.4 Å². The Hall–Kier alpha value is -3.27. The zero-order valence-corrected chi connectivity index (χ0v) is 27.8. The molecule has 0 unspecified atom stereocenters. The van der Waals surface area contributed by atoms with Crippen LogP contribution in [0.25, 0.3) is 11.4 Å². The Bertz CT molecular complexity index is 1380.